The van der Waals surface area contributed by atoms with Gasteiger partial charge >= 0.3 is 5.97 Å². The van der Waals surface area contributed by atoms with Crippen molar-refractivity contribution in [3.8, 4) is 0 Å². The summed E-state index contributed by atoms with van der Waals surface area (Å²) in [5.41, 5.74) is 8.14. The molecule has 0 aliphatic heterocycles. The monoisotopic (exact) mass is 239 g/mol. The third-order valence-electron chi connectivity index (χ3n) is 2.55. The van der Waals surface area contributed by atoms with Crippen LogP contribution in [0.2, 0.25) is 0 Å². The number of carboxylic acid groups (broad SMARTS) is 1. The summed E-state index contributed by atoms with van der Waals surface area (Å²) in [4.78, 5) is 11.7. The number of carboxylic acids is 1. The van der Waals surface area contributed by atoms with E-state index in [2.05, 4.69) is 6.07 Å². The highest BCUT2D eigenvalue weighted by Gasteiger charge is 2.11. The summed E-state index contributed by atoms with van der Waals surface area (Å²) in [5.74, 6) is -0.797. The Morgan fingerprint density at radius 2 is 2.25 bits per heavy atom. The number of hydrogen-bond donors (Lipinski definition) is 2. The van der Waals surface area contributed by atoms with Gasteiger partial charge in [0.25, 0.3) is 0 Å². The first-order valence-electron chi connectivity index (χ1n) is 5.16. The summed E-state index contributed by atoms with van der Waals surface area (Å²) in [7, 11) is 0. The van der Waals surface area contributed by atoms with E-state index in [0.717, 1.165) is 11.1 Å². The van der Waals surface area contributed by atoms with E-state index in [1.54, 1.807) is 11.8 Å². The Morgan fingerprint density at radius 3 is 2.75 bits per heavy atom. The quantitative estimate of drug-likeness (QED) is 0.775. The molecule has 3 N–H and O–H groups in total. The summed E-state index contributed by atoms with van der Waals surface area (Å²) < 4.78 is 0. The minimum absolute atomic E-state index is 0.116. The Hall–Kier alpha value is -1.00. The van der Waals surface area contributed by atoms with Crippen LogP contribution in [0.15, 0.2) is 23.1 Å². The molecule has 0 aliphatic carbocycles. The van der Waals surface area contributed by atoms with Gasteiger partial charge in [-0.15, -0.1) is 11.8 Å². The standard InChI is InChI=1S/C12H17NO2S/c1-8-7-9(16-2)3-4-10(8)11(13)5-6-12(14)15/h3-4,7,11H,5-6,13H2,1-2H3,(H,14,15). The average molecular weight is 239 g/mol. The molecule has 1 aromatic rings. The summed E-state index contributed by atoms with van der Waals surface area (Å²) in [6.07, 6.45) is 2.62. The molecule has 1 atom stereocenters. The lowest BCUT2D eigenvalue weighted by atomic mass is 9.98. The number of rotatable bonds is 5. The zero-order chi connectivity index (χ0) is 12.1. The molecule has 1 aromatic carbocycles. The molecule has 0 amide bonds. The maximum absolute atomic E-state index is 10.5. The molecule has 0 spiro atoms. The molecule has 0 saturated carbocycles. The average Bonchev–Trinajstić information content (AvgIpc) is 2.25. The van der Waals surface area contributed by atoms with Crippen molar-refractivity contribution in [2.45, 2.75) is 30.7 Å². The van der Waals surface area contributed by atoms with Gasteiger partial charge in [-0.3, -0.25) is 4.79 Å². The molecule has 0 aromatic heterocycles. The molecule has 88 valence electrons. The number of carbonyl (C=O) groups is 1. The van der Waals surface area contributed by atoms with Crippen LogP contribution in [0.1, 0.15) is 30.0 Å². The Morgan fingerprint density at radius 1 is 1.56 bits per heavy atom. The number of nitrogens with two attached hydrogens (primary N) is 1. The third-order valence-corrected chi connectivity index (χ3v) is 3.27. The van der Waals surface area contributed by atoms with Crippen LogP contribution in [0, 0.1) is 6.92 Å². The third kappa shape index (κ3) is 3.54. The molecular weight excluding hydrogens is 222 g/mol. The van der Waals surface area contributed by atoms with Crippen molar-refractivity contribution >= 4 is 17.7 Å². The topological polar surface area (TPSA) is 63.3 Å². The van der Waals surface area contributed by atoms with E-state index < -0.39 is 5.97 Å². The van der Waals surface area contributed by atoms with Crippen LogP contribution in [0.5, 0.6) is 0 Å². The van der Waals surface area contributed by atoms with Gasteiger partial charge in [0.05, 0.1) is 0 Å². The zero-order valence-electron chi connectivity index (χ0n) is 9.56. The fourth-order valence-electron chi connectivity index (χ4n) is 1.63. The smallest absolute Gasteiger partial charge is 0.303 e. The highest BCUT2D eigenvalue weighted by Crippen LogP contribution is 2.24. The molecule has 1 rings (SSSR count). The second kappa shape index (κ2) is 5.92. The molecule has 3 nitrogen and oxygen atoms in total. The Kier molecular flexibility index (Phi) is 4.83. The van der Waals surface area contributed by atoms with E-state index in [1.165, 1.54) is 4.90 Å². The summed E-state index contributed by atoms with van der Waals surface area (Å²) in [5, 5.41) is 8.60. The van der Waals surface area contributed by atoms with Gasteiger partial charge in [-0.25, -0.2) is 0 Å². The van der Waals surface area contributed by atoms with Crippen molar-refractivity contribution < 1.29 is 9.90 Å². The van der Waals surface area contributed by atoms with Gasteiger partial charge in [0.1, 0.15) is 0 Å². The lowest BCUT2D eigenvalue weighted by Gasteiger charge is -2.14. The van der Waals surface area contributed by atoms with Gasteiger partial charge in [0, 0.05) is 17.4 Å². The Balaban J connectivity index is 2.75. The van der Waals surface area contributed by atoms with E-state index in [1.807, 2.05) is 25.3 Å². The number of aryl methyl sites for hydroxylation is 1. The van der Waals surface area contributed by atoms with Crippen molar-refractivity contribution in [2.75, 3.05) is 6.26 Å². The first kappa shape index (κ1) is 13.1. The predicted octanol–water partition coefficient (Wildman–Crippen LogP) is 2.58. The maximum atomic E-state index is 10.5. The largest absolute Gasteiger partial charge is 0.481 e. The fraction of sp³-hybridized carbons (Fsp3) is 0.417. The molecule has 0 radical (unpaired) electrons. The second-order valence-electron chi connectivity index (χ2n) is 3.76. The molecule has 0 bridgehead atoms. The lowest BCUT2D eigenvalue weighted by Crippen LogP contribution is -2.13. The SMILES string of the molecule is CSc1ccc(C(N)CCC(=O)O)c(C)c1. The van der Waals surface area contributed by atoms with Crippen molar-refractivity contribution in [1.29, 1.82) is 0 Å². The molecule has 4 heteroatoms. The van der Waals surface area contributed by atoms with Crippen molar-refractivity contribution in [1.82, 2.24) is 0 Å². The van der Waals surface area contributed by atoms with Crippen LogP contribution in [0.3, 0.4) is 0 Å². The van der Waals surface area contributed by atoms with E-state index in [0.29, 0.717) is 6.42 Å². The highest BCUT2D eigenvalue weighted by molar-refractivity contribution is 7.98. The number of thioether (sulfide) groups is 1. The first-order chi connectivity index (χ1) is 7.54. The van der Waals surface area contributed by atoms with E-state index in [4.69, 9.17) is 10.8 Å². The molecule has 0 aliphatic rings. The fourth-order valence-corrected chi connectivity index (χ4v) is 2.12. The van der Waals surface area contributed by atoms with Crippen molar-refractivity contribution in [2.24, 2.45) is 5.73 Å². The maximum Gasteiger partial charge on any atom is 0.303 e. The molecule has 0 fully saturated rings. The van der Waals surface area contributed by atoms with Gasteiger partial charge in [0.2, 0.25) is 0 Å². The summed E-state index contributed by atoms with van der Waals surface area (Å²) >= 11 is 1.69. The highest BCUT2D eigenvalue weighted by atomic mass is 32.2. The summed E-state index contributed by atoms with van der Waals surface area (Å²) in [6, 6.07) is 5.91. The van der Waals surface area contributed by atoms with Crippen LogP contribution < -0.4 is 5.73 Å². The Labute approximate surface area is 100 Å². The number of hydrogen-bond acceptors (Lipinski definition) is 3. The molecule has 1 unspecified atom stereocenters. The zero-order valence-corrected chi connectivity index (χ0v) is 10.4. The first-order valence-corrected chi connectivity index (χ1v) is 6.39. The van der Waals surface area contributed by atoms with Crippen molar-refractivity contribution in [3.63, 3.8) is 0 Å². The van der Waals surface area contributed by atoms with Gasteiger partial charge in [-0.1, -0.05) is 6.07 Å². The van der Waals surface area contributed by atoms with Crippen molar-refractivity contribution in [3.05, 3.63) is 29.3 Å². The van der Waals surface area contributed by atoms with Gasteiger partial charge in [-0.2, -0.15) is 0 Å². The lowest BCUT2D eigenvalue weighted by molar-refractivity contribution is -0.137. The molecule has 0 heterocycles. The number of benzene rings is 1. The van der Waals surface area contributed by atoms with E-state index >= 15 is 0 Å². The normalized spacial score (nSPS) is 12.4. The van der Waals surface area contributed by atoms with Crippen LogP contribution >= 0.6 is 11.8 Å². The van der Waals surface area contributed by atoms with Crippen LogP contribution in [-0.4, -0.2) is 17.3 Å². The van der Waals surface area contributed by atoms with Crippen LogP contribution in [-0.2, 0) is 4.79 Å². The minimum Gasteiger partial charge on any atom is -0.481 e. The van der Waals surface area contributed by atoms with E-state index in [9.17, 15) is 4.79 Å². The van der Waals surface area contributed by atoms with Gasteiger partial charge < -0.3 is 10.8 Å². The minimum atomic E-state index is -0.797. The van der Waals surface area contributed by atoms with Gasteiger partial charge in [0.15, 0.2) is 0 Å². The Bertz CT molecular complexity index is 379. The van der Waals surface area contributed by atoms with Gasteiger partial charge in [-0.05, 0) is 42.9 Å². The predicted molar refractivity (Wildman–Crippen MR) is 66.8 cm³/mol. The second-order valence-corrected chi connectivity index (χ2v) is 4.64. The number of aliphatic carboxylic acids is 1. The van der Waals surface area contributed by atoms with E-state index in [-0.39, 0.29) is 12.5 Å². The summed E-state index contributed by atoms with van der Waals surface area (Å²) in [6.45, 7) is 2.01. The molecular formula is C12H17NO2S. The molecule has 16 heavy (non-hydrogen) atoms. The van der Waals surface area contributed by atoms with Crippen LogP contribution in [0.4, 0.5) is 0 Å². The molecule has 0 saturated heterocycles. The van der Waals surface area contributed by atoms with Crippen LogP contribution in [0.25, 0.3) is 0 Å².